The van der Waals surface area contributed by atoms with Crippen molar-refractivity contribution in [3.05, 3.63) is 102 Å². The Labute approximate surface area is 215 Å². The number of carbonyl (C=O) groups is 1. The molecule has 190 valence electrons. The summed E-state index contributed by atoms with van der Waals surface area (Å²) in [4.78, 5) is 18.4. The van der Waals surface area contributed by atoms with Gasteiger partial charge in [0.05, 0.1) is 4.90 Å². The van der Waals surface area contributed by atoms with Gasteiger partial charge in [0.1, 0.15) is 0 Å². The van der Waals surface area contributed by atoms with Crippen LogP contribution in [0.1, 0.15) is 40.7 Å². The van der Waals surface area contributed by atoms with Gasteiger partial charge in [-0.1, -0.05) is 60.7 Å². The number of carbonyl (C=O) groups excluding carboxylic acids is 1. The molecule has 1 aliphatic rings. The Bertz CT molecular complexity index is 1200. The van der Waals surface area contributed by atoms with Crippen LogP contribution in [-0.2, 0) is 22.7 Å². The molecule has 0 radical (unpaired) electrons. The molecule has 1 fully saturated rings. The van der Waals surface area contributed by atoms with E-state index in [9.17, 15) is 13.2 Å². The fourth-order valence-corrected chi connectivity index (χ4v) is 5.59. The number of piperidine rings is 1. The van der Waals surface area contributed by atoms with E-state index in [2.05, 4.69) is 47.4 Å². The number of hydrogen-bond donors (Lipinski definition) is 0. The van der Waals surface area contributed by atoms with Gasteiger partial charge in [0.25, 0.3) is 5.91 Å². The number of amides is 1. The highest BCUT2D eigenvalue weighted by atomic mass is 32.2. The third-order valence-electron chi connectivity index (χ3n) is 7.05. The highest BCUT2D eigenvalue weighted by Crippen LogP contribution is 2.21. The summed E-state index contributed by atoms with van der Waals surface area (Å²) in [5.74, 6) is -0.0199. The Morgan fingerprint density at radius 3 is 1.94 bits per heavy atom. The Kier molecular flexibility index (Phi) is 8.94. The van der Waals surface area contributed by atoms with Crippen molar-refractivity contribution in [2.75, 3.05) is 32.4 Å². The molecule has 0 spiro atoms. The first-order chi connectivity index (χ1) is 17.4. The van der Waals surface area contributed by atoms with Crippen molar-refractivity contribution in [2.45, 2.75) is 43.0 Å². The van der Waals surface area contributed by atoms with E-state index in [1.54, 1.807) is 12.1 Å². The zero-order valence-corrected chi connectivity index (χ0v) is 21.9. The molecule has 3 aromatic carbocycles. The Hall–Kier alpha value is -2.96. The lowest BCUT2D eigenvalue weighted by Gasteiger charge is -2.39. The van der Waals surface area contributed by atoms with E-state index >= 15 is 0 Å². The molecule has 36 heavy (non-hydrogen) atoms. The van der Waals surface area contributed by atoms with Gasteiger partial charge >= 0.3 is 0 Å². The van der Waals surface area contributed by atoms with Gasteiger partial charge in [0.15, 0.2) is 9.84 Å². The molecule has 3 aromatic rings. The van der Waals surface area contributed by atoms with Gasteiger partial charge in [0.2, 0.25) is 0 Å². The van der Waals surface area contributed by atoms with Crippen molar-refractivity contribution < 1.29 is 13.2 Å². The fourth-order valence-electron chi connectivity index (χ4n) is 4.96. The monoisotopic (exact) mass is 504 g/mol. The van der Waals surface area contributed by atoms with Crippen LogP contribution in [0, 0.1) is 0 Å². The van der Waals surface area contributed by atoms with E-state index < -0.39 is 9.84 Å². The number of benzene rings is 3. The maximum absolute atomic E-state index is 13.6. The summed E-state index contributed by atoms with van der Waals surface area (Å²) in [6, 6.07) is 27.4. The number of rotatable bonds is 10. The minimum atomic E-state index is -3.29. The third-order valence-corrected chi connectivity index (χ3v) is 8.18. The van der Waals surface area contributed by atoms with Crippen molar-refractivity contribution in [1.82, 2.24) is 9.80 Å². The number of hydrogen-bond acceptors (Lipinski definition) is 4. The van der Waals surface area contributed by atoms with Crippen LogP contribution in [0.15, 0.2) is 89.8 Å². The zero-order valence-electron chi connectivity index (χ0n) is 21.1. The lowest BCUT2D eigenvalue weighted by molar-refractivity contribution is 0.0574. The molecule has 0 unspecified atom stereocenters. The molecular formula is C30H36N2O3S. The molecule has 6 heteroatoms. The zero-order chi connectivity index (χ0) is 25.4. The lowest BCUT2D eigenvalue weighted by atomic mass is 10.00. The molecule has 0 bridgehead atoms. The van der Waals surface area contributed by atoms with E-state index in [-0.39, 0.29) is 16.8 Å². The maximum atomic E-state index is 13.6. The summed E-state index contributed by atoms with van der Waals surface area (Å²) >= 11 is 0. The minimum Gasteiger partial charge on any atom is -0.335 e. The van der Waals surface area contributed by atoms with Crippen molar-refractivity contribution >= 4 is 15.7 Å². The summed E-state index contributed by atoms with van der Waals surface area (Å²) in [6.07, 6.45) is 6.11. The highest BCUT2D eigenvalue weighted by Gasteiger charge is 2.28. The molecule has 5 nitrogen and oxygen atoms in total. The van der Waals surface area contributed by atoms with Crippen LogP contribution in [0.25, 0.3) is 0 Å². The average Bonchev–Trinajstić information content (AvgIpc) is 2.90. The predicted octanol–water partition coefficient (Wildman–Crippen LogP) is 4.87. The first-order valence-corrected chi connectivity index (χ1v) is 14.7. The second kappa shape index (κ2) is 12.3. The normalized spacial score (nSPS) is 15.0. The van der Waals surface area contributed by atoms with Gasteiger partial charge in [-0.25, -0.2) is 8.42 Å². The topological polar surface area (TPSA) is 57.7 Å². The van der Waals surface area contributed by atoms with Crippen LogP contribution in [0.4, 0.5) is 0 Å². The summed E-state index contributed by atoms with van der Waals surface area (Å²) in [5, 5.41) is 0. The Morgan fingerprint density at radius 2 is 1.39 bits per heavy atom. The van der Waals surface area contributed by atoms with E-state index in [1.165, 1.54) is 29.5 Å². The van der Waals surface area contributed by atoms with Gasteiger partial charge in [-0.15, -0.1) is 0 Å². The standard InChI is InChI=1S/C30H36N2O3S/c1-36(34,35)29-16-14-27(15-17-29)30(33)32(24-18-26-11-6-3-7-12-26)28-19-22-31(23-20-28)21-8-13-25-9-4-2-5-10-25/h2-7,9-12,14-17,28H,8,13,18-24H2,1H3. The number of aryl methyl sites for hydroxylation is 1. The molecule has 0 saturated carbocycles. The van der Waals surface area contributed by atoms with Gasteiger partial charge in [-0.3, -0.25) is 4.79 Å². The van der Waals surface area contributed by atoms with Gasteiger partial charge in [-0.05, 0) is 74.0 Å². The molecule has 1 amide bonds. The third kappa shape index (κ3) is 7.28. The first kappa shape index (κ1) is 26.1. The SMILES string of the molecule is CS(=O)(=O)c1ccc(C(=O)N(CCc2ccccc2)C2CCN(CCCc3ccccc3)CC2)cc1. The van der Waals surface area contributed by atoms with Crippen LogP contribution in [-0.4, -0.2) is 62.6 Å². The number of likely N-dealkylation sites (tertiary alicyclic amines) is 1. The van der Waals surface area contributed by atoms with Crippen LogP contribution in [0.2, 0.25) is 0 Å². The van der Waals surface area contributed by atoms with Gasteiger partial charge < -0.3 is 9.80 Å². The molecule has 0 N–H and O–H groups in total. The minimum absolute atomic E-state index is 0.0199. The smallest absolute Gasteiger partial charge is 0.254 e. The highest BCUT2D eigenvalue weighted by molar-refractivity contribution is 7.90. The molecule has 1 aliphatic heterocycles. The lowest BCUT2D eigenvalue weighted by Crippen LogP contribution is -2.48. The Balaban J connectivity index is 1.39. The second-order valence-electron chi connectivity index (χ2n) is 9.69. The van der Waals surface area contributed by atoms with Crippen LogP contribution >= 0.6 is 0 Å². The summed E-state index contributed by atoms with van der Waals surface area (Å²) in [7, 11) is -3.29. The largest absolute Gasteiger partial charge is 0.335 e. The van der Waals surface area contributed by atoms with Crippen LogP contribution in [0.5, 0.6) is 0 Å². The fraction of sp³-hybridized carbons (Fsp3) is 0.367. The molecule has 0 aliphatic carbocycles. The van der Waals surface area contributed by atoms with E-state index in [0.717, 1.165) is 51.7 Å². The van der Waals surface area contributed by atoms with Crippen molar-refractivity contribution in [3.63, 3.8) is 0 Å². The molecule has 0 aromatic heterocycles. The molecular weight excluding hydrogens is 468 g/mol. The molecule has 0 atom stereocenters. The van der Waals surface area contributed by atoms with Crippen molar-refractivity contribution in [2.24, 2.45) is 0 Å². The maximum Gasteiger partial charge on any atom is 0.254 e. The van der Waals surface area contributed by atoms with Crippen molar-refractivity contribution in [1.29, 1.82) is 0 Å². The quantitative estimate of drug-likeness (QED) is 0.395. The summed E-state index contributed by atoms with van der Waals surface area (Å²) in [6.45, 7) is 3.70. The van der Waals surface area contributed by atoms with Gasteiger partial charge in [-0.2, -0.15) is 0 Å². The molecule has 4 rings (SSSR count). The summed E-state index contributed by atoms with van der Waals surface area (Å²) in [5.41, 5.74) is 3.13. The molecule has 1 saturated heterocycles. The van der Waals surface area contributed by atoms with E-state index in [1.807, 2.05) is 23.1 Å². The first-order valence-electron chi connectivity index (χ1n) is 12.8. The molecule has 1 heterocycles. The van der Waals surface area contributed by atoms with E-state index in [4.69, 9.17) is 0 Å². The van der Waals surface area contributed by atoms with Crippen LogP contribution in [0.3, 0.4) is 0 Å². The van der Waals surface area contributed by atoms with Crippen LogP contribution < -0.4 is 0 Å². The van der Waals surface area contributed by atoms with Crippen molar-refractivity contribution in [3.8, 4) is 0 Å². The van der Waals surface area contributed by atoms with Gasteiger partial charge in [0, 0.05) is 37.5 Å². The predicted molar refractivity (Wildman–Crippen MR) is 145 cm³/mol. The average molecular weight is 505 g/mol. The summed E-state index contributed by atoms with van der Waals surface area (Å²) < 4.78 is 23.7. The van der Waals surface area contributed by atoms with E-state index in [0.29, 0.717) is 12.1 Å². The second-order valence-corrected chi connectivity index (χ2v) is 11.7. The number of sulfone groups is 1. The Morgan fingerprint density at radius 1 is 0.833 bits per heavy atom. The number of nitrogens with zero attached hydrogens (tertiary/aromatic N) is 2.